The highest BCUT2D eigenvalue weighted by Crippen LogP contribution is 2.10. The summed E-state index contributed by atoms with van der Waals surface area (Å²) in [6.45, 7) is 0. The first-order valence-corrected chi connectivity index (χ1v) is 7.67. The van der Waals surface area contributed by atoms with E-state index >= 15 is 0 Å². The third kappa shape index (κ3) is 3.66. The van der Waals surface area contributed by atoms with E-state index in [1.165, 1.54) is 29.5 Å². The number of aromatic nitrogens is 3. The van der Waals surface area contributed by atoms with Crippen molar-refractivity contribution in [3.63, 3.8) is 0 Å². The van der Waals surface area contributed by atoms with E-state index in [4.69, 9.17) is 10.2 Å². The number of primary amides is 1. The molecule has 132 valence electrons. The van der Waals surface area contributed by atoms with E-state index in [1.54, 1.807) is 30.5 Å². The monoisotopic (exact) mass is 353 g/mol. The van der Waals surface area contributed by atoms with Gasteiger partial charge in [0.25, 0.3) is 11.8 Å². The van der Waals surface area contributed by atoms with Crippen molar-refractivity contribution in [3.05, 3.63) is 66.5 Å². The SMILES string of the molecule is NC(=O)C(=O)C(Cc1ccoc1)NC(=O)c1ccnn1-c1ccccn1. The lowest BCUT2D eigenvalue weighted by molar-refractivity contribution is -0.137. The number of nitrogens with one attached hydrogen (secondary N) is 1. The number of Topliss-reactive ketones (excluding diaryl/α,β-unsaturated/α-hetero) is 1. The van der Waals surface area contributed by atoms with Crippen LogP contribution in [0.15, 0.2) is 59.7 Å². The molecule has 3 aromatic rings. The minimum atomic E-state index is -1.13. The van der Waals surface area contributed by atoms with Crippen LogP contribution in [0, 0.1) is 0 Å². The fraction of sp³-hybridized carbons (Fsp3) is 0.118. The van der Waals surface area contributed by atoms with Crippen LogP contribution < -0.4 is 11.1 Å². The van der Waals surface area contributed by atoms with E-state index in [1.807, 2.05) is 0 Å². The maximum Gasteiger partial charge on any atom is 0.287 e. The highest BCUT2D eigenvalue weighted by molar-refractivity contribution is 6.38. The third-order valence-corrected chi connectivity index (χ3v) is 3.63. The van der Waals surface area contributed by atoms with Gasteiger partial charge in [0.2, 0.25) is 5.78 Å². The van der Waals surface area contributed by atoms with Gasteiger partial charge in [-0.2, -0.15) is 5.10 Å². The number of carbonyl (C=O) groups is 3. The van der Waals surface area contributed by atoms with Crippen LogP contribution in [-0.4, -0.2) is 38.4 Å². The van der Waals surface area contributed by atoms with Crippen LogP contribution in [0.3, 0.4) is 0 Å². The van der Waals surface area contributed by atoms with Gasteiger partial charge >= 0.3 is 0 Å². The van der Waals surface area contributed by atoms with Crippen molar-refractivity contribution in [1.82, 2.24) is 20.1 Å². The van der Waals surface area contributed by atoms with E-state index in [0.717, 1.165) is 0 Å². The molecule has 26 heavy (non-hydrogen) atoms. The largest absolute Gasteiger partial charge is 0.472 e. The lowest BCUT2D eigenvalue weighted by Crippen LogP contribution is -2.47. The van der Waals surface area contributed by atoms with Crippen molar-refractivity contribution in [2.75, 3.05) is 0 Å². The standard InChI is InChI=1S/C17H15N5O4/c18-16(24)15(23)12(9-11-5-8-26-10-11)21-17(25)13-4-7-20-22(13)14-3-1-2-6-19-14/h1-8,10,12H,9H2,(H2,18,24)(H,21,25). The average molecular weight is 353 g/mol. The molecule has 0 fully saturated rings. The Bertz CT molecular complexity index is 918. The van der Waals surface area contributed by atoms with Crippen LogP contribution in [0.2, 0.25) is 0 Å². The molecular formula is C17H15N5O4. The Labute approximate surface area is 147 Å². The minimum Gasteiger partial charge on any atom is -0.472 e. The van der Waals surface area contributed by atoms with Crippen LogP contribution in [0.25, 0.3) is 5.82 Å². The quantitative estimate of drug-likeness (QED) is 0.585. The van der Waals surface area contributed by atoms with Crippen LogP contribution in [-0.2, 0) is 16.0 Å². The molecule has 3 aromatic heterocycles. The zero-order valence-corrected chi connectivity index (χ0v) is 13.5. The Kier molecular flexibility index (Phi) is 4.88. The average Bonchev–Trinajstić information content (AvgIpc) is 3.32. The summed E-state index contributed by atoms with van der Waals surface area (Å²) in [5.41, 5.74) is 5.90. The summed E-state index contributed by atoms with van der Waals surface area (Å²) in [4.78, 5) is 40.1. The second-order valence-corrected chi connectivity index (χ2v) is 5.41. The van der Waals surface area contributed by atoms with Crippen molar-refractivity contribution in [2.45, 2.75) is 12.5 Å². The summed E-state index contributed by atoms with van der Waals surface area (Å²) in [7, 11) is 0. The summed E-state index contributed by atoms with van der Waals surface area (Å²) in [6, 6.07) is 7.16. The van der Waals surface area contributed by atoms with Gasteiger partial charge in [0.15, 0.2) is 5.82 Å². The second-order valence-electron chi connectivity index (χ2n) is 5.41. The fourth-order valence-corrected chi connectivity index (χ4v) is 2.39. The normalized spacial score (nSPS) is 11.7. The topological polar surface area (TPSA) is 133 Å². The van der Waals surface area contributed by atoms with E-state index in [9.17, 15) is 14.4 Å². The molecule has 9 nitrogen and oxygen atoms in total. The van der Waals surface area contributed by atoms with Crippen LogP contribution in [0.1, 0.15) is 16.1 Å². The summed E-state index contributed by atoms with van der Waals surface area (Å²) < 4.78 is 6.28. The van der Waals surface area contributed by atoms with Gasteiger partial charge in [-0.3, -0.25) is 14.4 Å². The summed E-state index contributed by atoms with van der Waals surface area (Å²) in [6.07, 6.45) is 5.92. The number of carbonyl (C=O) groups excluding carboxylic acids is 3. The molecule has 1 atom stereocenters. The number of hydrogen-bond acceptors (Lipinski definition) is 6. The van der Waals surface area contributed by atoms with Gasteiger partial charge in [0, 0.05) is 12.6 Å². The van der Waals surface area contributed by atoms with E-state index in [2.05, 4.69) is 15.4 Å². The molecule has 0 aliphatic heterocycles. The lowest BCUT2D eigenvalue weighted by Gasteiger charge is -2.16. The Morgan fingerprint density at radius 3 is 2.69 bits per heavy atom. The van der Waals surface area contributed by atoms with Gasteiger partial charge in [0.1, 0.15) is 11.7 Å². The van der Waals surface area contributed by atoms with Gasteiger partial charge in [-0.25, -0.2) is 9.67 Å². The van der Waals surface area contributed by atoms with Crippen molar-refractivity contribution in [1.29, 1.82) is 0 Å². The molecule has 0 spiro atoms. The fourth-order valence-electron chi connectivity index (χ4n) is 2.39. The Morgan fingerprint density at radius 2 is 2.04 bits per heavy atom. The Morgan fingerprint density at radius 1 is 1.19 bits per heavy atom. The van der Waals surface area contributed by atoms with Gasteiger partial charge in [0.05, 0.1) is 18.7 Å². The first-order valence-electron chi connectivity index (χ1n) is 7.67. The Hall–Kier alpha value is -3.75. The molecule has 0 radical (unpaired) electrons. The minimum absolute atomic E-state index is 0.0712. The molecule has 2 amide bonds. The first kappa shape index (κ1) is 17.1. The molecule has 0 aliphatic rings. The van der Waals surface area contributed by atoms with Crippen LogP contribution in [0.5, 0.6) is 0 Å². The van der Waals surface area contributed by atoms with Crippen LogP contribution in [0.4, 0.5) is 0 Å². The van der Waals surface area contributed by atoms with Gasteiger partial charge < -0.3 is 15.5 Å². The molecule has 3 N–H and O–H groups in total. The van der Waals surface area contributed by atoms with E-state index in [0.29, 0.717) is 11.4 Å². The van der Waals surface area contributed by atoms with Gasteiger partial charge in [-0.05, 0) is 29.8 Å². The number of amides is 2. The zero-order chi connectivity index (χ0) is 18.5. The smallest absolute Gasteiger partial charge is 0.287 e. The number of nitrogens with two attached hydrogens (primary N) is 1. The predicted molar refractivity (Wildman–Crippen MR) is 89.2 cm³/mol. The number of furan rings is 1. The highest BCUT2D eigenvalue weighted by atomic mass is 16.3. The van der Waals surface area contributed by atoms with Gasteiger partial charge in [-0.1, -0.05) is 6.07 Å². The predicted octanol–water partition coefficient (Wildman–Crippen LogP) is 0.256. The van der Waals surface area contributed by atoms with E-state index in [-0.39, 0.29) is 12.1 Å². The molecule has 1 unspecified atom stereocenters. The molecule has 0 saturated heterocycles. The highest BCUT2D eigenvalue weighted by Gasteiger charge is 2.27. The molecule has 3 rings (SSSR count). The van der Waals surface area contributed by atoms with Crippen LogP contribution >= 0.6 is 0 Å². The van der Waals surface area contributed by atoms with Crippen molar-refractivity contribution < 1.29 is 18.8 Å². The summed E-state index contributed by atoms with van der Waals surface area (Å²) in [5.74, 6) is -2.17. The van der Waals surface area contributed by atoms with Gasteiger partial charge in [-0.15, -0.1) is 0 Å². The molecule has 9 heteroatoms. The Balaban J connectivity index is 1.83. The summed E-state index contributed by atoms with van der Waals surface area (Å²) in [5, 5.41) is 6.60. The number of pyridine rings is 1. The third-order valence-electron chi connectivity index (χ3n) is 3.63. The first-order chi connectivity index (χ1) is 12.6. The number of nitrogens with zero attached hydrogens (tertiary/aromatic N) is 3. The zero-order valence-electron chi connectivity index (χ0n) is 13.5. The van der Waals surface area contributed by atoms with Crippen molar-refractivity contribution in [2.24, 2.45) is 5.73 Å². The lowest BCUT2D eigenvalue weighted by atomic mass is 10.0. The molecule has 0 saturated carbocycles. The molecule has 3 heterocycles. The molecule has 0 bridgehead atoms. The van der Waals surface area contributed by atoms with Crippen molar-refractivity contribution >= 4 is 17.6 Å². The number of rotatable bonds is 7. The maximum absolute atomic E-state index is 12.6. The summed E-state index contributed by atoms with van der Waals surface area (Å²) >= 11 is 0. The number of hydrogen-bond donors (Lipinski definition) is 2. The van der Waals surface area contributed by atoms with E-state index < -0.39 is 23.6 Å². The molecule has 0 aromatic carbocycles. The second kappa shape index (κ2) is 7.43. The molecule has 0 aliphatic carbocycles. The van der Waals surface area contributed by atoms with Crippen molar-refractivity contribution in [3.8, 4) is 5.82 Å². The number of ketones is 1. The molecular weight excluding hydrogens is 338 g/mol. The maximum atomic E-state index is 12.6.